The van der Waals surface area contributed by atoms with Crippen molar-refractivity contribution in [2.75, 3.05) is 13.1 Å². The highest BCUT2D eigenvalue weighted by atomic mass is 16.5. The highest BCUT2D eigenvalue weighted by molar-refractivity contribution is 5.03. The van der Waals surface area contributed by atoms with E-state index in [0.717, 1.165) is 29.8 Å². The standard InChI is InChI=1S/C12H20N2O/c1-9-4-10(2)7-14(6-9)8-12-5-11(3)13-15-12/h5,9-10H,4,6-8H2,1-3H3. The first kappa shape index (κ1) is 10.7. The molecule has 1 fully saturated rings. The molecule has 0 aromatic carbocycles. The molecule has 1 saturated heterocycles. The van der Waals surface area contributed by atoms with Crippen LogP contribution in [0.1, 0.15) is 31.7 Å². The van der Waals surface area contributed by atoms with Crippen LogP contribution in [0.5, 0.6) is 0 Å². The molecule has 0 radical (unpaired) electrons. The van der Waals surface area contributed by atoms with Crippen LogP contribution < -0.4 is 0 Å². The molecule has 15 heavy (non-hydrogen) atoms. The molecule has 84 valence electrons. The van der Waals surface area contributed by atoms with Crippen molar-refractivity contribution in [3.05, 3.63) is 17.5 Å². The lowest BCUT2D eigenvalue weighted by atomic mass is 9.92. The van der Waals surface area contributed by atoms with Gasteiger partial charge in [0.1, 0.15) is 0 Å². The number of hydrogen-bond acceptors (Lipinski definition) is 3. The van der Waals surface area contributed by atoms with Gasteiger partial charge in [-0.3, -0.25) is 4.90 Å². The molecule has 1 aliphatic heterocycles. The van der Waals surface area contributed by atoms with Crippen LogP contribution in [-0.4, -0.2) is 23.1 Å². The first-order chi connectivity index (χ1) is 7.13. The van der Waals surface area contributed by atoms with Crippen molar-refractivity contribution in [2.45, 2.75) is 33.7 Å². The SMILES string of the molecule is Cc1cc(CN2CC(C)CC(C)C2)on1. The van der Waals surface area contributed by atoms with Crippen LogP contribution in [0.15, 0.2) is 10.6 Å². The molecule has 0 amide bonds. The zero-order chi connectivity index (χ0) is 10.8. The summed E-state index contributed by atoms with van der Waals surface area (Å²) in [7, 11) is 0. The Bertz CT molecular complexity index is 311. The monoisotopic (exact) mass is 208 g/mol. The molecule has 2 rings (SSSR count). The maximum atomic E-state index is 5.25. The van der Waals surface area contributed by atoms with Crippen molar-refractivity contribution < 1.29 is 4.52 Å². The van der Waals surface area contributed by atoms with Crippen molar-refractivity contribution in [3.63, 3.8) is 0 Å². The summed E-state index contributed by atoms with van der Waals surface area (Å²) in [4.78, 5) is 2.47. The van der Waals surface area contributed by atoms with Gasteiger partial charge < -0.3 is 4.52 Å². The summed E-state index contributed by atoms with van der Waals surface area (Å²) in [5.41, 5.74) is 0.975. The van der Waals surface area contributed by atoms with Gasteiger partial charge in [0.15, 0.2) is 5.76 Å². The van der Waals surface area contributed by atoms with E-state index in [4.69, 9.17) is 4.52 Å². The summed E-state index contributed by atoms with van der Waals surface area (Å²) in [6.07, 6.45) is 1.35. The number of likely N-dealkylation sites (tertiary alicyclic amines) is 1. The normalized spacial score (nSPS) is 28.2. The van der Waals surface area contributed by atoms with Crippen molar-refractivity contribution in [1.29, 1.82) is 0 Å². The lowest BCUT2D eigenvalue weighted by molar-refractivity contribution is 0.123. The molecule has 1 aromatic rings. The Kier molecular flexibility index (Phi) is 3.10. The minimum Gasteiger partial charge on any atom is -0.360 e. The zero-order valence-corrected chi connectivity index (χ0v) is 9.86. The molecule has 2 unspecified atom stereocenters. The summed E-state index contributed by atoms with van der Waals surface area (Å²) in [6.45, 7) is 9.90. The van der Waals surface area contributed by atoms with E-state index in [2.05, 4.69) is 23.9 Å². The second-order valence-electron chi connectivity index (χ2n) is 5.07. The first-order valence-corrected chi connectivity index (χ1v) is 5.78. The lowest BCUT2D eigenvalue weighted by Gasteiger charge is -2.34. The molecule has 3 heteroatoms. The van der Waals surface area contributed by atoms with Gasteiger partial charge in [0.25, 0.3) is 0 Å². The van der Waals surface area contributed by atoms with Crippen LogP contribution in [-0.2, 0) is 6.54 Å². The Morgan fingerprint density at radius 1 is 1.40 bits per heavy atom. The average Bonchev–Trinajstić information content (AvgIpc) is 2.49. The predicted molar refractivity (Wildman–Crippen MR) is 59.5 cm³/mol. The number of nitrogens with zero attached hydrogens (tertiary/aromatic N) is 2. The third-order valence-electron chi connectivity index (χ3n) is 3.00. The smallest absolute Gasteiger partial charge is 0.150 e. The van der Waals surface area contributed by atoms with Crippen LogP contribution >= 0.6 is 0 Å². The van der Waals surface area contributed by atoms with E-state index in [1.54, 1.807) is 0 Å². The van der Waals surface area contributed by atoms with Gasteiger partial charge in [-0.05, 0) is 25.2 Å². The van der Waals surface area contributed by atoms with Gasteiger partial charge in [0.2, 0.25) is 0 Å². The van der Waals surface area contributed by atoms with E-state index in [9.17, 15) is 0 Å². The summed E-state index contributed by atoms with van der Waals surface area (Å²) in [5, 5.41) is 3.92. The summed E-state index contributed by atoms with van der Waals surface area (Å²) < 4.78 is 5.25. The van der Waals surface area contributed by atoms with E-state index in [1.165, 1.54) is 19.5 Å². The molecule has 0 bridgehead atoms. The van der Waals surface area contributed by atoms with E-state index in [-0.39, 0.29) is 0 Å². The Labute approximate surface area is 91.4 Å². The maximum Gasteiger partial charge on any atom is 0.150 e. The predicted octanol–water partition coefficient (Wildman–Crippen LogP) is 2.46. The molecule has 3 nitrogen and oxygen atoms in total. The molecule has 1 aromatic heterocycles. The number of aromatic nitrogens is 1. The van der Waals surface area contributed by atoms with Gasteiger partial charge in [-0.1, -0.05) is 19.0 Å². The fourth-order valence-electron chi connectivity index (χ4n) is 2.63. The molecule has 0 aliphatic carbocycles. The van der Waals surface area contributed by atoms with E-state index < -0.39 is 0 Å². The molecular weight excluding hydrogens is 188 g/mol. The number of hydrogen-bond donors (Lipinski definition) is 0. The minimum atomic E-state index is 0.803. The summed E-state index contributed by atoms with van der Waals surface area (Å²) in [6, 6.07) is 2.03. The second kappa shape index (κ2) is 4.35. The third kappa shape index (κ3) is 2.81. The highest BCUT2D eigenvalue weighted by Crippen LogP contribution is 2.22. The second-order valence-corrected chi connectivity index (χ2v) is 5.07. The fraction of sp³-hybridized carbons (Fsp3) is 0.750. The minimum absolute atomic E-state index is 0.803. The van der Waals surface area contributed by atoms with Gasteiger partial charge in [0, 0.05) is 19.2 Å². The number of piperidine rings is 1. The first-order valence-electron chi connectivity index (χ1n) is 5.78. The maximum absolute atomic E-state index is 5.25. The van der Waals surface area contributed by atoms with Crippen LogP contribution in [0.25, 0.3) is 0 Å². The zero-order valence-electron chi connectivity index (χ0n) is 9.86. The van der Waals surface area contributed by atoms with Gasteiger partial charge in [0.05, 0.1) is 12.2 Å². The highest BCUT2D eigenvalue weighted by Gasteiger charge is 2.22. The van der Waals surface area contributed by atoms with Crippen LogP contribution in [0, 0.1) is 18.8 Å². The van der Waals surface area contributed by atoms with E-state index in [0.29, 0.717) is 0 Å². The molecule has 0 saturated carbocycles. The third-order valence-corrected chi connectivity index (χ3v) is 3.00. The molecule has 0 spiro atoms. The molecule has 2 heterocycles. The quantitative estimate of drug-likeness (QED) is 0.747. The Hall–Kier alpha value is -0.830. The number of rotatable bonds is 2. The van der Waals surface area contributed by atoms with Crippen molar-refractivity contribution in [3.8, 4) is 0 Å². The molecule has 0 N–H and O–H groups in total. The van der Waals surface area contributed by atoms with Crippen LogP contribution in [0.4, 0.5) is 0 Å². The van der Waals surface area contributed by atoms with Crippen molar-refractivity contribution in [1.82, 2.24) is 10.1 Å². The van der Waals surface area contributed by atoms with Gasteiger partial charge in [-0.15, -0.1) is 0 Å². The largest absolute Gasteiger partial charge is 0.360 e. The lowest BCUT2D eigenvalue weighted by Crippen LogP contribution is -2.37. The Morgan fingerprint density at radius 2 is 2.07 bits per heavy atom. The Balaban J connectivity index is 1.94. The average molecular weight is 208 g/mol. The summed E-state index contributed by atoms with van der Waals surface area (Å²) >= 11 is 0. The van der Waals surface area contributed by atoms with E-state index >= 15 is 0 Å². The Morgan fingerprint density at radius 3 is 2.60 bits per heavy atom. The van der Waals surface area contributed by atoms with Crippen molar-refractivity contribution in [2.24, 2.45) is 11.8 Å². The van der Waals surface area contributed by atoms with Gasteiger partial charge in [-0.2, -0.15) is 0 Å². The molecule has 1 aliphatic rings. The fourth-order valence-corrected chi connectivity index (χ4v) is 2.63. The summed E-state index contributed by atoms with van der Waals surface area (Å²) in [5.74, 6) is 2.60. The van der Waals surface area contributed by atoms with Gasteiger partial charge in [-0.25, -0.2) is 0 Å². The number of aryl methyl sites for hydroxylation is 1. The topological polar surface area (TPSA) is 29.3 Å². The van der Waals surface area contributed by atoms with Crippen molar-refractivity contribution >= 4 is 0 Å². The van der Waals surface area contributed by atoms with Crippen LogP contribution in [0.3, 0.4) is 0 Å². The van der Waals surface area contributed by atoms with E-state index in [1.807, 2.05) is 13.0 Å². The molecule has 2 atom stereocenters. The van der Waals surface area contributed by atoms with Gasteiger partial charge >= 0.3 is 0 Å². The molecular formula is C12H20N2O. The van der Waals surface area contributed by atoms with Crippen LogP contribution in [0.2, 0.25) is 0 Å².